The summed E-state index contributed by atoms with van der Waals surface area (Å²) in [5, 5.41) is 6.53. The summed E-state index contributed by atoms with van der Waals surface area (Å²) < 4.78 is 20.3. The summed E-state index contributed by atoms with van der Waals surface area (Å²) in [5.74, 6) is -1.71. The van der Waals surface area contributed by atoms with Crippen LogP contribution in [0.4, 0.5) is 0 Å². The van der Waals surface area contributed by atoms with E-state index in [1.807, 2.05) is 0 Å². The molecule has 2 aliphatic rings. The van der Waals surface area contributed by atoms with Crippen molar-refractivity contribution in [3.05, 3.63) is 0 Å². The highest BCUT2D eigenvalue weighted by Gasteiger charge is 2.28. The molecule has 10 heteroatoms. The highest BCUT2D eigenvalue weighted by Crippen LogP contribution is 2.19. The Morgan fingerprint density at radius 3 is 1.32 bits per heavy atom. The third kappa shape index (κ3) is 13.0. The van der Waals surface area contributed by atoms with Crippen LogP contribution in [-0.4, -0.2) is 75.5 Å². The Labute approximate surface area is 227 Å². The SMILES string of the molecule is COC(=O)C(CC(=O)OCCCCCCOC(=O)CC(NC1CCCCC1)C(=O)OC)NC1CCCCC1. The van der Waals surface area contributed by atoms with Gasteiger partial charge in [0.25, 0.3) is 0 Å². The summed E-state index contributed by atoms with van der Waals surface area (Å²) in [6.45, 7) is 0.563. The van der Waals surface area contributed by atoms with E-state index in [-0.39, 0.29) is 38.1 Å². The Balaban J connectivity index is 1.55. The normalized spacial score (nSPS) is 18.3. The average molecular weight is 541 g/mol. The number of esters is 4. The smallest absolute Gasteiger partial charge is 0.323 e. The van der Waals surface area contributed by atoms with Gasteiger partial charge in [-0.05, 0) is 51.4 Å². The molecular formula is C28H48N2O8. The molecule has 2 unspecified atom stereocenters. The number of methoxy groups -OCH3 is 2. The molecule has 2 aliphatic carbocycles. The summed E-state index contributed by atoms with van der Waals surface area (Å²) in [7, 11) is 2.65. The Hall–Kier alpha value is -2.20. The molecule has 0 saturated heterocycles. The van der Waals surface area contributed by atoms with E-state index in [0.29, 0.717) is 12.8 Å². The second-order valence-corrected chi connectivity index (χ2v) is 10.4. The van der Waals surface area contributed by atoms with Crippen LogP contribution in [0.15, 0.2) is 0 Å². The quantitative estimate of drug-likeness (QED) is 0.161. The molecule has 10 nitrogen and oxygen atoms in total. The van der Waals surface area contributed by atoms with Gasteiger partial charge in [0.15, 0.2) is 0 Å². The number of carbonyl (C=O) groups is 4. The van der Waals surface area contributed by atoms with Gasteiger partial charge < -0.3 is 29.6 Å². The molecule has 2 N–H and O–H groups in total. The van der Waals surface area contributed by atoms with Crippen LogP contribution in [0.2, 0.25) is 0 Å². The fourth-order valence-corrected chi connectivity index (χ4v) is 5.19. The van der Waals surface area contributed by atoms with Gasteiger partial charge in [0.2, 0.25) is 0 Å². The lowest BCUT2D eigenvalue weighted by Gasteiger charge is -2.26. The van der Waals surface area contributed by atoms with Crippen LogP contribution in [0.25, 0.3) is 0 Å². The van der Waals surface area contributed by atoms with Crippen LogP contribution in [0, 0.1) is 0 Å². The lowest BCUT2D eigenvalue weighted by molar-refractivity contribution is -0.151. The van der Waals surface area contributed by atoms with E-state index in [1.165, 1.54) is 27.1 Å². The molecule has 0 aromatic rings. The zero-order valence-electron chi connectivity index (χ0n) is 23.3. The number of hydrogen-bond donors (Lipinski definition) is 2. The number of carbonyl (C=O) groups excluding carboxylic acids is 4. The standard InChI is InChI=1S/C28H48N2O8/c1-35-27(33)23(29-21-13-7-5-8-14-21)19-25(31)37-17-11-3-4-12-18-38-26(32)20-24(28(34)36-2)30-22-15-9-6-10-16-22/h21-24,29-30H,3-20H2,1-2H3. The lowest BCUT2D eigenvalue weighted by atomic mass is 9.94. The van der Waals surface area contributed by atoms with Crippen LogP contribution in [0.1, 0.15) is 103 Å². The topological polar surface area (TPSA) is 129 Å². The average Bonchev–Trinajstić information content (AvgIpc) is 2.94. The number of unbranched alkanes of at least 4 members (excludes halogenated alkanes) is 3. The lowest BCUT2D eigenvalue weighted by Crippen LogP contribution is -2.46. The van der Waals surface area contributed by atoms with E-state index in [1.54, 1.807) is 0 Å². The van der Waals surface area contributed by atoms with Crippen LogP contribution >= 0.6 is 0 Å². The second-order valence-electron chi connectivity index (χ2n) is 10.4. The molecule has 2 atom stereocenters. The highest BCUT2D eigenvalue weighted by atomic mass is 16.5. The first-order chi connectivity index (χ1) is 18.4. The van der Waals surface area contributed by atoms with Gasteiger partial charge in [-0.1, -0.05) is 38.5 Å². The van der Waals surface area contributed by atoms with Crippen molar-refractivity contribution in [2.75, 3.05) is 27.4 Å². The van der Waals surface area contributed by atoms with Gasteiger partial charge >= 0.3 is 23.9 Å². The largest absolute Gasteiger partial charge is 0.468 e. The third-order valence-electron chi connectivity index (χ3n) is 7.36. The van der Waals surface area contributed by atoms with Gasteiger partial charge in [-0.15, -0.1) is 0 Å². The summed E-state index contributed by atoms with van der Waals surface area (Å²) in [4.78, 5) is 48.7. The summed E-state index contributed by atoms with van der Waals surface area (Å²) in [5.41, 5.74) is 0. The first kappa shape index (κ1) is 32.0. The van der Waals surface area contributed by atoms with Crippen LogP contribution in [-0.2, 0) is 38.1 Å². The number of nitrogens with one attached hydrogen (secondary N) is 2. The number of rotatable bonds is 17. The van der Waals surface area contributed by atoms with Gasteiger partial charge in [0.05, 0.1) is 40.3 Å². The third-order valence-corrected chi connectivity index (χ3v) is 7.36. The van der Waals surface area contributed by atoms with Gasteiger partial charge in [-0.3, -0.25) is 19.2 Å². The molecule has 2 fully saturated rings. The number of ether oxygens (including phenoxy) is 4. The van der Waals surface area contributed by atoms with E-state index in [2.05, 4.69) is 10.6 Å². The molecule has 0 bridgehead atoms. The van der Waals surface area contributed by atoms with Crippen molar-refractivity contribution >= 4 is 23.9 Å². The van der Waals surface area contributed by atoms with E-state index >= 15 is 0 Å². The molecule has 0 aliphatic heterocycles. The Morgan fingerprint density at radius 2 is 0.974 bits per heavy atom. The van der Waals surface area contributed by atoms with Gasteiger partial charge in [0, 0.05) is 12.1 Å². The van der Waals surface area contributed by atoms with Crippen LogP contribution in [0.5, 0.6) is 0 Å². The molecule has 0 aromatic heterocycles. The molecular weight excluding hydrogens is 492 g/mol. The Bertz CT molecular complexity index is 660. The minimum atomic E-state index is -0.679. The van der Waals surface area contributed by atoms with Crippen LogP contribution in [0.3, 0.4) is 0 Å². The van der Waals surface area contributed by atoms with Crippen molar-refractivity contribution in [1.82, 2.24) is 10.6 Å². The van der Waals surface area contributed by atoms with Crippen LogP contribution < -0.4 is 10.6 Å². The minimum Gasteiger partial charge on any atom is -0.468 e. The maximum Gasteiger partial charge on any atom is 0.323 e. The van der Waals surface area contributed by atoms with Crippen molar-refractivity contribution in [3.63, 3.8) is 0 Å². The maximum atomic E-state index is 12.2. The number of hydrogen-bond acceptors (Lipinski definition) is 10. The predicted molar refractivity (Wildman–Crippen MR) is 141 cm³/mol. The highest BCUT2D eigenvalue weighted by molar-refractivity contribution is 5.83. The van der Waals surface area contributed by atoms with Crippen molar-refractivity contribution in [1.29, 1.82) is 0 Å². The first-order valence-electron chi connectivity index (χ1n) is 14.4. The van der Waals surface area contributed by atoms with Crippen molar-refractivity contribution in [2.45, 2.75) is 127 Å². The predicted octanol–water partition coefficient (Wildman–Crippen LogP) is 3.34. The minimum absolute atomic E-state index is 0.0404. The maximum absolute atomic E-state index is 12.2. The molecule has 0 radical (unpaired) electrons. The summed E-state index contributed by atoms with van der Waals surface area (Å²) in [6.07, 6.45) is 13.9. The monoisotopic (exact) mass is 540 g/mol. The summed E-state index contributed by atoms with van der Waals surface area (Å²) >= 11 is 0. The zero-order chi connectivity index (χ0) is 27.6. The van der Waals surface area contributed by atoms with E-state index in [4.69, 9.17) is 18.9 Å². The fourth-order valence-electron chi connectivity index (χ4n) is 5.19. The van der Waals surface area contributed by atoms with E-state index in [0.717, 1.165) is 64.2 Å². The van der Waals surface area contributed by atoms with E-state index < -0.39 is 36.0 Å². The van der Waals surface area contributed by atoms with Gasteiger partial charge in [-0.2, -0.15) is 0 Å². The van der Waals surface area contributed by atoms with E-state index in [9.17, 15) is 19.2 Å². The summed E-state index contributed by atoms with van der Waals surface area (Å²) in [6, 6.07) is -0.896. The molecule has 0 aromatic carbocycles. The molecule has 0 spiro atoms. The molecule has 0 amide bonds. The Morgan fingerprint density at radius 1 is 0.605 bits per heavy atom. The Kier molecular flexibility index (Phi) is 16.0. The molecule has 0 heterocycles. The zero-order valence-corrected chi connectivity index (χ0v) is 23.3. The molecule has 218 valence electrons. The van der Waals surface area contributed by atoms with Crippen molar-refractivity contribution in [3.8, 4) is 0 Å². The van der Waals surface area contributed by atoms with Gasteiger partial charge in [0.1, 0.15) is 12.1 Å². The first-order valence-corrected chi connectivity index (χ1v) is 14.4. The fraction of sp³-hybridized carbons (Fsp3) is 0.857. The van der Waals surface area contributed by atoms with Crippen molar-refractivity contribution in [2.24, 2.45) is 0 Å². The molecule has 2 rings (SSSR count). The van der Waals surface area contributed by atoms with Gasteiger partial charge in [-0.25, -0.2) is 0 Å². The molecule has 38 heavy (non-hydrogen) atoms. The second kappa shape index (κ2) is 19.0. The molecule has 2 saturated carbocycles. The van der Waals surface area contributed by atoms with Crippen molar-refractivity contribution < 1.29 is 38.1 Å².